The molecule has 0 unspecified atom stereocenters. The van der Waals surface area contributed by atoms with Crippen molar-refractivity contribution in [3.05, 3.63) is 54.0 Å². The van der Waals surface area contributed by atoms with Crippen LogP contribution in [0.1, 0.15) is 11.3 Å². The average Bonchev–Trinajstić information content (AvgIpc) is 3.05. The Bertz CT molecular complexity index is 621. The number of carbonyl (C=O) groups is 2. The fourth-order valence-electron chi connectivity index (χ4n) is 1.85. The van der Waals surface area contributed by atoms with Gasteiger partial charge in [-0.2, -0.15) is 0 Å². The first-order valence-corrected chi connectivity index (χ1v) is 6.75. The standard InChI is InChI=1S/C16H17NO5/c1-20-14-7-3-2-5-12(14)9-16(19)22-11-15(18)17-10-13-6-4-8-21-13/h2-8H,9-11H2,1H3,(H,17,18). The van der Waals surface area contributed by atoms with Gasteiger partial charge in [0, 0.05) is 5.56 Å². The summed E-state index contributed by atoms with van der Waals surface area (Å²) in [6.07, 6.45) is 1.57. The third-order valence-electron chi connectivity index (χ3n) is 2.93. The van der Waals surface area contributed by atoms with E-state index in [1.54, 1.807) is 30.3 Å². The van der Waals surface area contributed by atoms with Gasteiger partial charge in [0.25, 0.3) is 5.91 Å². The summed E-state index contributed by atoms with van der Waals surface area (Å²) < 4.78 is 15.2. The molecule has 0 aliphatic rings. The lowest BCUT2D eigenvalue weighted by Crippen LogP contribution is -2.28. The van der Waals surface area contributed by atoms with E-state index in [1.165, 1.54) is 13.4 Å². The van der Waals surface area contributed by atoms with Gasteiger partial charge in [0.2, 0.25) is 0 Å². The van der Waals surface area contributed by atoms with Crippen molar-refractivity contribution in [1.82, 2.24) is 5.32 Å². The number of furan rings is 1. The second-order valence-corrected chi connectivity index (χ2v) is 4.51. The predicted molar refractivity (Wildman–Crippen MR) is 78.2 cm³/mol. The number of hydrogen-bond acceptors (Lipinski definition) is 5. The van der Waals surface area contributed by atoms with Crippen molar-refractivity contribution >= 4 is 11.9 Å². The Morgan fingerprint density at radius 3 is 2.73 bits per heavy atom. The topological polar surface area (TPSA) is 77.8 Å². The maximum absolute atomic E-state index is 11.7. The van der Waals surface area contributed by atoms with Crippen LogP contribution in [-0.4, -0.2) is 25.6 Å². The van der Waals surface area contributed by atoms with E-state index in [2.05, 4.69) is 5.32 Å². The molecule has 1 N–H and O–H groups in total. The molecular formula is C16H17NO5. The maximum atomic E-state index is 11.7. The van der Waals surface area contributed by atoms with Gasteiger partial charge in [0.15, 0.2) is 6.61 Å². The van der Waals surface area contributed by atoms with Crippen LogP contribution in [0.5, 0.6) is 5.75 Å². The van der Waals surface area contributed by atoms with Gasteiger partial charge in [-0.15, -0.1) is 0 Å². The van der Waals surface area contributed by atoms with Gasteiger partial charge in [-0.1, -0.05) is 18.2 Å². The van der Waals surface area contributed by atoms with Crippen LogP contribution in [0, 0.1) is 0 Å². The van der Waals surface area contributed by atoms with Gasteiger partial charge in [-0.25, -0.2) is 0 Å². The lowest BCUT2D eigenvalue weighted by molar-refractivity contribution is -0.147. The van der Waals surface area contributed by atoms with Crippen molar-refractivity contribution in [3.63, 3.8) is 0 Å². The Labute approximate surface area is 128 Å². The number of esters is 1. The van der Waals surface area contributed by atoms with Crippen LogP contribution in [0.15, 0.2) is 47.1 Å². The first-order valence-electron chi connectivity index (χ1n) is 6.75. The Hall–Kier alpha value is -2.76. The molecule has 1 amide bonds. The molecule has 0 atom stereocenters. The Morgan fingerprint density at radius 2 is 2.00 bits per heavy atom. The van der Waals surface area contributed by atoms with Crippen LogP contribution in [0.2, 0.25) is 0 Å². The minimum atomic E-state index is -0.488. The molecule has 0 spiro atoms. The molecule has 6 heteroatoms. The molecule has 1 aromatic carbocycles. The number of amides is 1. The van der Waals surface area contributed by atoms with Gasteiger partial charge < -0.3 is 19.2 Å². The zero-order chi connectivity index (χ0) is 15.8. The molecule has 22 heavy (non-hydrogen) atoms. The van der Waals surface area contributed by atoms with Crippen LogP contribution in [0.25, 0.3) is 0 Å². The molecule has 6 nitrogen and oxygen atoms in total. The zero-order valence-corrected chi connectivity index (χ0v) is 12.2. The number of methoxy groups -OCH3 is 1. The fourth-order valence-corrected chi connectivity index (χ4v) is 1.85. The van der Waals surface area contributed by atoms with Gasteiger partial charge in [0.1, 0.15) is 11.5 Å². The van der Waals surface area contributed by atoms with Gasteiger partial charge >= 0.3 is 5.97 Å². The summed E-state index contributed by atoms with van der Waals surface area (Å²) in [6, 6.07) is 10.6. The Balaban J connectivity index is 1.74. The van der Waals surface area contributed by atoms with Crippen molar-refractivity contribution in [2.75, 3.05) is 13.7 Å². The van der Waals surface area contributed by atoms with E-state index in [-0.39, 0.29) is 25.5 Å². The highest BCUT2D eigenvalue weighted by molar-refractivity contribution is 5.81. The van der Waals surface area contributed by atoms with Crippen LogP contribution >= 0.6 is 0 Å². The number of carbonyl (C=O) groups excluding carboxylic acids is 2. The molecule has 2 aromatic rings. The second-order valence-electron chi connectivity index (χ2n) is 4.51. The fraction of sp³-hybridized carbons (Fsp3) is 0.250. The number of nitrogens with one attached hydrogen (secondary N) is 1. The molecular weight excluding hydrogens is 286 g/mol. The third-order valence-corrected chi connectivity index (χ3v) is 2.93. The normalized spacial score (nSPS) is 10.0. The van der Waals surface area contributed by atoms with Crippen molar-refractivity contribution in [2.45, 2.75) is 13.0 Å². The van der Waals surface area contributed by atoms with Crippen LogP contribution in [0.3, 0.4) is 0 Å². The predicted octanol–water partition coefficient (Wildman–Crippen LogP) is 1.69. The van der Waals surface area contributed by atoms with Gasteiger partial charge in [0.05, 0.1) is 26.3 Å². The monoisotopic (exact) mass is 303 g/mol. The SMILES string of the molecule is COc1ccccc1CC(=O)OCC(=O)NCc1ccco1. The maximum Gasteiger partial charge on any atom is 0.310 e. The summed E-state index contributed by atoms with van der Waals surface area (Å²) in [5, 5.41) is 2.59. The zero-order valence-electron chi connectivity index (χ0n) is 12.2. The lowest BCUT2D eigenvalue weighted by Gasteiger charge is -2.08. The summed E-state index contributed by atoms with van der Waals surface area (Å²) in [7, 11) is 1.53. The van der Waals surface area contributed by atoms with Gasteiger partial charge in [-0.05, 0) is 18.2 Å². The number of benzene rings is 1. The molecule has 0 fully saturated rings. The molecule has 0 bridgehead atoms. The molecule has 0 radical (unpaired) electrons. The molecule has 0 saturated heterocycles. The molecule has 1 heterocycles. The summed E-state index contributed by atoms with van der Waals surface area (Å²) in [6.45, 7) is -0.0649. The summed E-state index contributed by atoms with van der Waals surface area (Å²) >= 11 is 0. The van der Waals surface area contributed by atoms with Crippen molar-refractivity contribution in [1.29, 1.82) is 0 Å². The van der Waals surface area contributed by atoms with Crippen molar-refractivity contribution in [3.8, 4) is 5.75 Å². The average molecular weight is 303 g/mol. The highest BCUT2D eigenvalue weighted by Gasteiger charge is 2.11. The molecule has 0 saturated carbocycles. The lowest BCUT2D eigenvalue weighted by atomic mass is 10.1. The molecule has 2 rings (SSSR count). The largest absolute Gasteiger partial charge is 0.496 e. The van der Waals surface area contributed by atoms with Crippen LogP contribution in [-0.2, 0) is 27.3 Å². The highest BCUT2D eigenvalue weighted by atomic mass is 16.5. The number of para-hydroxylation sites is 1. The van der Waals surface area contributed by atoms with E-state index >= 15 is 0 Å². The van der Waals surface area contributed by atoms with Crippen LogP contribution < -0.4 is 10.1 Å². The third kappa shape index (κ3) is 4.66. The Kier molecular flexibility index (Phi) is 5.59. The molecule has 116 valence electrons. The minimum Gasteiger partial charge on any atom is -0.496 e. The molecule has 0 aliphatic carbocycles. The van der Waals surface area contributed by atoms with E-state index in [0.29, 0.717) is 17.1 Å². The van der Waals surface area contributed by atoms with Gasteiger partial charge in [-0.3, -0.25) is 9.59 Å². The second kappa shape index (κ2) is 7.87. The van der Waals surface area contributed by atoms with Crippen molar-refractivity contribution < 1.29 is 23.5 Å². The van der Waals surface area contributed by atoms with E-state index in [4.69, 9.17) is 13.9 Å². The summed E-state index contributed by atoms with van der Waals surface area (Å²) in [5.74, 6) is 0.373. The smallest absolute Gasteiger partial charge is 0.310 e. The number of hydrogen-bond donors (Lipinski definition) is 1. The summed E-state index contributed by atoms with van der Waals surface area (Å²) in [5.41, 5.74) is 0.714. The van der Waals surface area contributed by atoms with Crippen LogP contribution in [0.4, 0.5) is 0 Å². The van der Waals surface area contributed by atoms with E-state index < -0.39 is 5.97 Å². The highest BCUT2D eigenvalue weighted by Crippen LogP contribution is 2.17. The quantitative estimate of drug-likeness (QED) is 0.788. The first kappa shape index (κ1) is 15.6. The van der Waals surface area contributed by atoms with E-state index in [0.717, 1.165) is 0 Å². The molecule has 1 aromatic heterocycles. The minimum absolute atomic E-state index is 0.0511. The Morgan fingerprint density at radius 1 is 1.18 bits per heavy atom. The summed E-state index contributed by atoms with van der Waals surface area (Å²) in [4.78, 5) is 23.3. The molecule has 0 aliphatic heterocycles. The number of ether oxygens (including phenoxy) is 2. The van der Waals surface area contributed by atoms with Crippen molar-refractivity contribution in [2.24, 2.45) is 0 Å². The van der Waals surface area contributed by atoms with E-state index in [9.17, 15) is 9.59 Å². The number of rotatable bonds is 7. The first-order chi connectivity index (χ1) is 10.7. The van der Waals surface area contributed by atoms with E-state index in [1.807, 2.05) is 6.07 Å².